The van der Waals surface area contributed by atoms with Crippen LogP contribution in [0.15, 0.2) is 153 Å². The standard InChI is InChI=1S/C36H38FN2O5P.2C22H26FN2O5P.2CH4O.Na/c37-30-13-7-12-29-32-20-38-23-39(32)31(34(29)30)16-33(40)36-17-26-14-27(18-36)35(28(15-26)19-36)44-45(41,42-21-24-8-3-1-4-9-24)43-22-25-10-5-2-6-11-25;2*23-16-3-1-2-15-18-10-24-11-25(18)17(20(15)16)6-19(26)22-7-12-4-13(8-22)21(14(5-12)9-22)30-31(27,28)29;2*1-2;/h1-13,20,23,26-28,31,33,35,40H,14-19,21-22H2;2*1-3,10-14,17,19,21,26H,4-9H2,(H2,27,28,29);2*2H,1H3;/q;;;;;+1/p-1. The first-order valence-corrected chi connectivity index (χ1v) is 43.3. The fourth-order valence-corrected chi connectivity index (χ4v) is 26.7. The molecule has 0 radical (unpaired) electrons. The van der Waals surface area contributed by atoms with Gasteiger partial charge in [-0.25, -0.2) is 37.3 Å². The molecular formula is C82H97F3N6NaO17P3. The van der Waals surface area contributed by atoms with Crippen LogP contribution in [-0.2, 0) is 49.5 Å². The van der Waals surface area contributed by atoms with E-state index in [9.17, 15) is 57.4 Å². The van der Waals surface area contributed by atoms with E-state index < -0.39 is 54.0 Å². The SMILES string of the molecule is CO.CO.O=P(O)(O)OC1C2CC3CC1CC(C(O)CC1c4c(F)cccc4-c4cncn41)(C3)C2.O=P(OCc1ccccc1)(OCc1ccccc1)OC1C2CC3CC1CC(C(O)CC1c4c(F)cccc4-c4cncn41)(C3)C2.O=P([O-])(O)OC1C2CC3CC1CC(C(O)CC1c4c(F)cccc4-c4cncn41)(C3)C2.[Na+]. The molecule has 13 atom stereocenters. The van der Waals surface area contributed by atoms with Crippen molar-refractivity contribution in [3.63, 3.8) is 0 Å². The van der Waals surface area contributed by atoms with Crippen molar-refractivity contribution in [2.24, 2.45) is 69.5 Å². The molecule has 5 aromatic carbocycles. The second-order valence-electron chi connectivity index (χ2n) is 33.6. The van der Waals surface area contributed by atoms with Crippen LogP contribution in [-0.4, -0.2) is 120 Å². The Labute approximate surface area is 671 Å². The number of hydrogen-bond donors (Lipinski definition) is 8. The minimum atomic E-state index is -4.80. The number of aliphatic hydroxyl groups is 5. The molecule has 8 N–H and O–H groups in total. The number of aliphatic hydroxyl groups excluding tert-OH is 5. The number of nitrogens with zero attached hydrogens (tertiary/aromatic N) is 6. The first-order chi connectivity index (χ1) is 53.4. The van der Waals surface area contributed by atoms with E-state index in [2.05, 4.69) is 15.0 Å². The quantitative estimate of drug-likeness (QED) is 0.0245. The summed E-state index contributed by atoms with van der Waals surface area (Å²) in [5.74, 6) is 0.942. The minimum absolute atomic E-state index is 0. The van der Waals surface area contributed by atoms with E-state index in [0.717, 1.165) is 130 Å². The zero-order valence-electron chi connectivity index (χ0n) is 62.9. The third-order valence-corrected chi connectivity index (χ3v) is 29.8. The van der Waals surface area contributed by atoms with Crippen LogP contribution >= 0.6 is 23.5 Å². The average Bonchev–Trinajstić information content (AvgIpc) is 0.777. The van der Waals surface area contributed by atoms with Crippen molar-refractivity contribution < 1.29 is 124 Å². The third kappa shape index (κ3) is 15.6. The van der Waals surface area contributed by atoms with Crippen LogP contribution in [0, 0.1) is 87.0 Å². The van der Waals surface area contributed by atoms with Crippen LogP contribution in [0.5, 0.6) is 0 Å². The maximum Gasteiger partial charge on any atom is 1.00 e. The van der Waals surface area contributed by atoms with Crippen LogP contribution in [0.3, 0.4) is 0 Å². The molecule has 0 spiro atoms. The molecule has 0 saturated heterocycles. The van der Waals surface area contributed by atoms with Gasteiger partial charge in [-0.1, -0.05) is 97.1 Å². The van der Waals surface area contributed by atoms with Crippen molar-refractivity contribution in [2.75, 3.05) is 14.2 Å². The first-order valence-electron chi connectivity index (χ1n) is 38.8. The zero-order valence-corrected chi connectivity index (χ0v) is 67.6. The predicted octanol–water partition coefficient (Wildman–Crippen LogP) is 11.0. The van der Waals surface area contributed by atoms with Gasteiger partial charge in [0, 0.05) is 47.6 Å². The Morgan fingerprint density at radius 2 is 0.732 bits per heavy atom. The largest absolute Gasteiger partial charge is 1.00 e. The molecule has 12 fully saturated rings. The number of hydrogen-bond acceptors (Lipinski definition) is 17. The van der Waals surface area contributed by atoms with Crippen molar-refractivity contribution in [1.29, 1.82) is 0 Å². The van der Waals surface area contributed by atoms with Crippen LogP contribution in [0.1, 0.15) is 162 Å². The summed E-state index contributed by atoms with van der Waals surface area (Å²) in [5, 5.41) is 49.0. The topological polar surface area (TPSA) is 336 Å². The Morgan fingerprint density at radius 1 is 0.438 bits per heavy atom. The van der Waals surface area contributed by atoms with Gasteiger partial charge < -0.3 is 63.3 Å². The van der Waals surface area contributed by atoms with Crippen LogP contribution in [0.4, 0.5) is 13.2 Å². The first kappa shape index (κ1) is 81.8. The molecule has 13 unspecified atom stereocenters. The van der Waals surface area contributed by atoms with Gasteiger partial charge in [-0.15, -0.1) is 0 Å². The molecule has 3 aliphatic heterocycles. The molecular weight excluding hydrogens is 1510 g/mol. The normalized spacial score (nSPS) is 32.2. The van der Waals surface area contributed by atoms with Gasteiger partial charge in [-0.05, 0) is 214 Å². The summed E-state index contributed by atoms with van der Waals surface area (Å²) in [4.78, 5) is 52.1. The van der Waals surface area contributed by atoms with Crippen molar-refractivity contribution in [3.05, 3.63) is 198 Å². The van der Waals surface area contributed by atoms with Crippen LogP contribution in [0.25, 0.3) is 33.8 Å². The molecule has 23 rings (SSSR count). The molecule has 3 aromatic heterocycles. The van der Waals surface area contributed by atoms with Crippen LogP contribution in [0.2, 0.25) is 0 Å². The summed E-state index contributed by atoms with van der Waals surface area (Å²) in [6, 6.07) is 33.6. The van der Waals surface area contributed by atoms with Gasteiger partial charge in [0.2, 0.25) is 0 Å². The number of phosphoric ester groups is 3. The molecule has 594 valence electrons. The second-order valence-corrected chi connectivity index (χ2v) is 37.6. The van der Waals surface area contributed by atoms with E-state index in [1.807, 2.05) is 92.6 Å². The third-order valence-electron chi connectivity index (χ3n) is 27.4. The maximum atomic E-state index is 15.2. The molecule has 12 aliphatic carbocycles. The number of aromatic nitrogens is 6. The van der Waals surface area contributed by atoms with Gasteiger partial charge in [0.05, 0.1) is 123 Å². The molecule has 6 heterocycles. The summed E-state index contributed by atoms with van der Waals surface area (Å²) < 4.78 is 117. The molecule has 112 heavy (non-hydrogen) atoms. The van der Waals surface area contributed by atoms with Crippen molar-refractivity contribution in [3.8, 4) is 33.8 Å². The van der Waals surface area contributed by atoms with Crippen LogP contribution < -0.4 is 34.5 Å². The number of rotatable bonds is 21. The summed E-state index contributed by atoms with van der Waals surface area (Å²) in [5.41, 5.74) is 7.86. The number of halogens is 3. The number of imidazole rings is 3. The predicted molar refractivity (Wildman–Crippen MR) is 400 cm³/mol. The van der Waals surface area contributed by atoms with Crippen molar-refractivity contribution in [2.45, 2.75) is 184 Å². The van der Waals surface area contributed by atoms with Gasteiger partial charge in [0.25, 0.3) is 7.82 Å². The zero-order chi connectivity index (χ0) is 77.7. The molecule has 8 aromatic rings. The van der Waals surface area contributed by atoms with Crippen molar-refractivity contribution >= 4 is 23.5 Å². The molecule has 30 heteroatoms. The van der Waals surface area contributed by atoms with Gasteiger partial charge in [0.1, 0.15) is 17.5 Å². The second kappa shape index (κ2) is 32.5. The molecule has 12 saturated carbocycles. The molecule has 15 aliphatic rings. The van der Waals surface area contributed by atoms with E-state index in [1.165, 1.54) is 18.2 Å². The summed E-state index contributed by atoms with van der Waals surface area (Å²) in [7, 11) is -11.3. The minimum Gasteiger partial charge on any atom is -0.756 e. The van der Waals surface area contributed by atoms with Gasteiger partial charge in [-0.2, -0.15) is 0 Å². The van der Waals surface area contributed by atoms with Gasteiger partial charge in [-0.3, -0.25) is 22.7 Å². The number of fused-ring (bicyclic) bond motifs is 9. The summed E-state index contributed by atoms with van der Waals surface area (Å²) in [6.07, 6.45) is 21.0. The fourth-order valence-electron chi connectivity index (χ4n) is 24.0. The molecule has 0 amide bonds. The van der Waals surface area contributed by atoms with Crippen molar-refractivity contribution in [1.82, 2.24) is 28.7 Å². The van der Waals surface area contributed by atoms with Gasteiger partial charge >= 0.3 is 45.2 Å². The summed E-state index contributed by atoms with van der Waals surface area (Å²) in [6.45, 7) is 0.242. The maximum absolute atomic E-state index is 15.2. The Balaban J connectivity index is 0.000000133. The Kier molecular flexibility index (Phi) is 23.7. The summed E-state index contributed by atoms with van der Waals surface area (Å²) >= 11 is 0. The van der Waals surface area contributed by atoms with E-state index in [-0.39, 0.29) is 136 Å². The Bertz CT molecular complexity index is 4550. The molecule has 12 bridgehead atoms. The Hall–Kier alpha value is -5.35. The smallest absolute Gasteiger partial charge is 0.756 e. The fraction of sp³-hybridized carbons (Fsp3) is 0.524. The van der Waals surface area contributed by atoms with E-state index >= 15 is 4.39 Å². The molecule has 23 nitrogen and oxygen atoms in total. The number of phosphoric acid groups is 3. The monoisotopic (exact) mass is 1610 g/mol. The Morgan fingerprint density at radius 3 is 1.03 bits per heavy atom. The van der Waals surface area contributed by atoms with E-state index in [1.54, 1.807) is 55.8 Å². The van der Waals surface area contributed by atoms with Gasteiger partial charge in [0.15, 0.2) is 0 Å². The van der Waals surface area contributed by atoms with E-state index in [4.69, 9.17) is 32.8 Å². The number of benzene rings is 5. The average molecular weight is 1610 g/mol. The van der Waals surface area contributed by atoms with E-state index in [0.29, 0.717) is 79.4 Å².